The Balaban J connectivity index is 1.49. The number of carbonyl (C=O) groups excluding carboxylic acids is 2. The minimum atomic E-state index is -0.355. The van der Waals surface area contributed by atoms with Gasteiger partial charge in [-0.15, -0.1) is 10.2 Å². The maximum Gasteiger partial charge on any atom is 0.227 e. The van der Waals surface area contributed by atoms with E-state index < -0.39 is 0 Å². The Morgan fingerprint density at radius 2 is 1.83 bits per heavy atom. The molecule has 1 aliphatic carbocycles. The van der Waals surface area contributed by atoms with Gasteiger partial charge < -0.3 is 15.5 Å². The van der Waals surface area contributed by atoms with E-state index in [4.69, 9.17) is 5.73 Å². The van der Waals surface area contributed by atoms with Gasteiger partial charge in [0.25, 0.3) is 0 Å². The Kier molecular flexibility index (Phi) is 5.94. The van der Waals surface area contributed by atoms with Crippen LogP contribution in [-0.2, 0) is 9.59 Å². The van der Waals surface area contributed by atoms with Crippen molar-refractivity contribution in [2.75, 3.05) is 36.8 Å². The number of hydrogen-bond donors (Lipinski definition) is 1. The third-order valence-corrected chi connectivity index (χ3v) is 6.69. The highest BCUT2D eigenvalue weighted by Gasteiger charge is 2.29. The number of nitrogens with two attached hydrogens (primary N) is 1. The Labute approximate surface area is 150 Å². The third kappa shape index (κ3) is 4.38. The zero-order valence-electron chi connectivity index (χ0n) is 13.6. The average Bonchev–Trinajstić information content (AvgIpc) is 3.09. The zero-order valence-corrected chi connectivity index (χ0v) is 15.3. The number of amides is 2. The number of anilines is 1. The molecule has 9 heteroatoms. The molecule has 2 amide bonds. The van der Waals surface area contributed by atoms with E-state index in [1.54, 1.807) is 0 Å². The second-order valence-electron chi connectivity index (χ2n) is 6.25. The lowest BCUT2D eigenvalue weighted by molar-refractivity contribution is -0.136. The van der Waals surface area contributed by atoms with Gasteiger partial charge in [0.1, 0.15) is 0 Å². The maximum atomic E-state index is 12.6. The van der Waals surface area contributed by atoms with Crippen LogP contribution >= 0.6 is 23.1 Å². The van der Waals surface area contributed by atoms with Crippen molar-refractivity contribution in [3.63, 3.8) is 0 Å². The Bertz CT molecular complexity index is 580. The van der Waals surface area contributed by atoms with E-state index in [9.17, 15) is 9.59 Å². The molecule has 1 saturated carbocycles. The molecule has 0 aromatic carbocycles. The van der Waals surface area contributed by atoms with Gasteiger partial charge in [0.05, 0.1) is 5.75 Å². The molecule has 1 aliphatic heterocycles. The molecular formula is C15H23N5O2S2. The van der Waals surface area contributed by atoms with Crippen molar-refractivity contribution in [3.8, 4) is 0 Å². The van der Waals surface area contributed by atoms with Crippen molar-refractivity contribution < 1.29 is 9.59 Å². The minimum absolute atomic E-state index is 0.221. The molecule has 2 N–H and O–H groups in total. The third-order valence-electron chi connectivity index (χ3n) is 4.55. The van der Waals surface area contributed by atoms with Gasteiger partial charge in [-0.2, -0.15) is 0 Å². The van der Waals surface area contributed by atoms with Crippen LogP contribution in [0, 0.1) is 5.92 Å². The van der Waals surface area contributed by atoms with Crippen LogP contribution in [0.1, 0.15) is 32.1 Å². The summed E-state index contributed by atoms with van der Waals surface area (Å²) < 4.78 is 0.754. The lowest BCUT2D eigenvalue weighted by Gasteiger charge is -2.36. The van der Waals surface area contributed by atoms with Gasteiger partial charge >= 0.3 is 0 Å². The fourth-order valence-electron chi connectivity index (χ4n) is 3.25. The number of primary amides is 1. The molecule has 24 heavy (non-hydrogen) atoms. The number of nitrogens with zero attached hydrogens (tertiary/aromatic N) is 4. The lowest BCUT2D eigenvalue weighted by atomic mass is 9.88. The van der Waals surface area contributed by atoms with Crippen LogP contribution in [0.2, 0.25) is 0 Å². The van der Waals surface area contributed by atoms with Gasteiger partial charge in [-0.25, -0.2) is 0 Å². The molecule has 3 rings (SSSR count). The molecule has 1 aromatic rings. The molecule has 0 atom stereocenters. The second kappa shape index (κ2) is 8.15. The molecule has 0 unspecified atom stereocenters. The standard InChI is InChI=1S/C15H23N5O2S2/c16-12(21)10-23-15-18-17-14(24-15)20-8-6-19(7-9-20)13(22)11-4-2-1-3-5-11/h11H,1-10H2,(H2,16,21). The topological polar surface area (TPSA) is 92.4 Å². The number of piperazine rings is 1. The number of aromatic nitrogens is 2. The van der Waals surface area contributed by atoms with E-state index in [2.05, 4.69) is 15.1 Å². The summed E-state index contributed by atoms with van der Waals surface area (Å²) in [6.07, 6.45) is 5.75. The molecule has 1 saturated heterocycles. The first kappa shape index (κ1) is 17.5. The quantitative estimate of drug-likeness (QED) is 0.788. The number of hydrogen-bond acceptors (Lipinski definition) is 7. The van der Waals surface area contributed by atoms with Crippen LogP contribution in [0.15, 0.2) is 4.34 Å². The molecule has 2 aliphatic rings. The van der Waals surface area contributed by atoms with E-state index in [1.165, 1.54) is 42.4 Å². The largest absolute Gasteiger partial charge is 0.369 e. The van der Waals surface area contributed by atoms with Gasteiger partial charge in [-0.05, 0) is 12.8 Å². The van der Waals surface area contributed by atoms with E-state index in [1.807, 2.05) is 4.90 Å². The maximum absolute atomic E-state index is 12.6. The van der Waals surface area contributed by atoms with Crippen molar-refractivity contribution >= 4 is 40.0 Å². The molecular weight excluding hydrogens is 346 g/mol. The van der Waals surface area contributed by atoms with E-state index in [0.717, 1.165) is 48.5 Å². The molecule has 2 heterocycles. The summed E-state index contributed by atoms with van der Waals surface area (Å²) in [6, 6.07) is 0. The van der Waals surface area contributed by atoms with Gasteiger partial charge in [-0.1, -0.05) is 42.4 Å². The van der Waals surface area contributed by atoms with E-state index in [-0.39, 0.29) is 17.6 Å². The summed E-state index contributed by atoms with van der Waals surface area (Å²) in [5.41, 5.74) is 5.14. The number of carbonyl (C=O) groups is 2. The van der Waals surface area contributed by atoms with E-state index >= 15 is 0 Å². The Hall–Kier alpha value is -1.35. The highest BCUT2D eigenvalue weighted by molar-refractivity contribution is 8.01. The first-order valence-electron chi connectivity index (χ1n) is 8.42. The summed E-state index contributed by atoms with van der Waals surface area (Å²) in [6.45, 7) is 3.07. The molecule has 1 aromatic heterocycles. The molecule has 0 bridgehead atoms. The van der Waals surface area contributed by atoms with Gasteiger partial charge in [-0.3, -0.25) is 9.59 Å². The van der Waals surface area contributed by atoms with Gasteiger partial charge in [0, 0.05) is 32.1 Å². The van der Waals surface area contributed by atoms with Crippen LogP contribution in [0.25, 0.3) is 0 Å². The minimum Gasteiger partial charge on any atom is -0.369 e. The first-order chi connectivity index (χ1) is 11.6. The molecule has 2 fully saturated rings. The Morgan fingerprint density at radius 3 is 2.50 bits per heavy atom. The van der Waals surface area contributed by atoms with Crippen molar-refractivity contribution in [1.29, 1.82) is 0 Å². The van der Waals surface area contributed by atoms with Crippen LogP contribution in [-0.4, -0.2) is 58.8 Å². The van der Waals surface area contributed by atoms with Crippen LogP contribution < -0.4 is 10.6 Å². The number of thioether (sulfide) groups is 1. The normalized spacial score (nSPS) is 19.5. The monoisotopic (exact) mass is 369 g/mol. The summed E-state index contributed by atoms with van der Waals surface area (Å²) in [7, 11) is 0. The fraction of sp³-hybridized carbons (Fsp3) is 0.733. The Morgan fingerprint density at radius 1 is 1.12 bits per heavy atom. The second-order valence-corrected chi connectivity index (χ2v) is 8.43. The predicted molar refractivity (Wildman–Crippen MR) is 95.2 cm³/mol. The first-order valence-corrected chi connectivity index (χ1v) is 10.2. The van der Waals surface area contributed by atoms with Crippen molar-refractivity contribution in [1.82, 2.24) is 15.1 Å². The summed E-state index contributed by atoms with van der Waals surface area (Å²) in [5, 5.41) is 9.14. The van der Waals surface area contributed by atoms with Crippen LogP contribution in [0.3, 0.4) is 0 Å². The molecule has 132 valence electrons. The summed E-state index contributed by atoms with van der Waals surface area (Å²) >= 11 is 2.79. The predicted octanol–water partition coefficient (Wildman–Crippen LogP) is 1.34. The molecule has 0 spiro atoms. The van der Waals surface area contributed by atoms with Crippen LogP contribution in [0.5, 0.6) is 0 Å². The van der Waals surface area contributed by atoms with Crippen molar-refractivity contribution in [2.24, 2.45) is 11.7 Å². The summed E-state index contributed by atoms with van der Waals surface area (Å²) in [5.74, 6) is 0.442. The van der Waals surface area contributed by atoms with Crippen LogP contribution in [0.4, 0.5) is 5.13 Å². The number of rotatable bonds is 5. The summed E-state index contributed by atoms with van der Waals surface area (Å²) in [4.78, 5) is 27.6. The average molecular weight is 370 g/mol. The van der Waals surface area contributed by atoms with Crippen molar-refractivity contribution in [2.45, 2.75) is 36.4 Å². The zero-order chi connectivity index (χ0) is 16.9. The van der Waals surface area contributed by atoms with Gasteiger partial charge in [0.15, 0.2) is 4.34 Å². The highest BCUT2D eigenvalue weighted by Crippen LogP contribution is 2.29. The molecule has 7 nitrogen and oxygen atoms in total. The smallest absolute Gasteiger partial charge is 0.227 e. The van der Waals surface area contributed by atoms with Crippen molar-refractivity contribution in [3.05, 3.63) is 0 Å². The fourth-order valence-corrected chi connectivity index (χ4v) is 4.88. The SMILES string of the molecule is NC(=O)CSc1nnc(N2CCN(C(=O)C3CCCCC3)CC2)s1. The van der Waals surface area contributed by atoms with Gasteiger partial charge in [0.2, 0.25) is 16.9 Å². The molecule has 0 radical (unpaired) electrons. The highest BCUT2D eigenvalue weighted by atomic mass is 32.2. The lowest BCUT2D eigenvalue weighted by Crippen LogP contribution is -2.50. The van der Waals surface area contributed by atoms with E-state index in [0.29, 0.717) is 5.91 Å².